The van der Waals surface area contributed by atoms with Crippen LogP contribution in [0.1, 0.15) is 90.3 Å². The summed E-state index contributed by atoms with van der Waals surface area (Å²) >= 11 is 0. The number of nitrogens with two attached hydrogens (primary N) is 2. The SMILES string of the molecule is CC(C)(C)c1c(O)ccc(CCC(=O)C(N)CCCCCN)c1C(C)(C)C. The average molecular weight is 377 g/mol. The lowest BCUT2D eigenvalue weighted by atomic mass is 9.72. The van der Waals surface area contributed by atoms with Crippen molar-refractivity contribution in [3.05, 3.63) is 28.8 Å². The van der Waals surface area contributed by atoms with Crippen LogP contribution in [0.25, 0.3) is 0 Å². The number of carbonyl (C=O) groups excluding carboxylic acids is 1. The van der Waals surface area contributed by atoms with Gasteiger partial charge in [0.1, 0.15) is 11.5 Å². The van der Waals surface area contributed by atoms with E-state index in [1.165, 1.54) is 0 Å². The van der Waals surface area contributed by atoms with Gasteiger partial charge in [-0.2, -0.15) is 0 Å². The Morgan fingerprint density at radius 3 is 2.11 bits per heavy atom. The highest BCUT2D eigenvalue weighted by Crippen LogP contribution is 2.41. The van der Waals surface area contributed by atoms with Crippen molar-refractivity contribution >= 4 is 5.78 Å². The molecule has 0 saturated heterocycles. The fourth-order valence-electron chi connectivity index (χ4n) is 3.75. The van der Waals surface area contributed by atoms with E-state index in [0.717, 1.165) is 42.4 Å². The van der Waals surface area contributed by atoms with Crippen molar-refractivity contribution < 1.29 is 9.90 Å². The molecule has 0 bridgehead atoms. The Morgan fingerprint density at radius 1 is 1.00 bits per heavy atom. The summed E-state index contributed by atoms with van der Waals surface area (Å²) in [5.74, 6) is 0.451. The Labute approximate surface area is 165 Å². The highest BCUT2D eigenvalue weighted by Gasteiger charge is 2.30. The lowest BCUT2D eigenvalue weighted by Gasteiger charge is -2.33. The summed E-state index contributed by atoms with van der Waals surface area (Å²) in [6.45, 7) is 13.5. The van der Waals surface area contributed by atoms with E-state index < -0.39 is 0 Å². The zero-order valence-electron chi connectivity index (χ0n) is 18.2. The maximum Gasteiger partial charge on any atom is 0.149 e. The molecule has 1 unspecified atom stereocenters. The lowest BCUT2D eigenvalue weighted by molar-refractivity contribution is -0.120. The van der Waals surface area contributed by atoms with Crippen molar-refractivity contribution in [2.45, 2.75) is 96.9 Å². The Morgan fingerprint density at radius 2 is 1.59 bits per heavy atom. The monoisotopic (exact) mass is 376 g/mol. The summed E-state index contributed by atoms with van der Waals surface area (Å²) in [5, 5.41) is 10.5. The molecule has 154 valence electrons. The molecule has 1 aromatic carbocycles. The van der Waals surface area contributed by atoms with Crippen molar-refractivity contribution in [2.24, 2.45) is 11.5 Å². The van der Waals surface area contributed by atoms with Gasteiger partial charge in [0.05, 0.1) is 6.04 Å². The van der Waals surface area contributed by atoms with Gasteiger partial charge in [-0.1, -0.05) is 60.5 Å². The van der Waals surface area contributed by atoms with Gasteiger partial charge in [0.25, 0.3) is 0 Å². The van der Waals surface area contributed by atoms with Crippen LogP contribution in [0.5, 0.6) is 5.75 Å². The van der Waals surface area contributed by atoms with Crippen LogP contribution in [0.2, 0.25) is 0 Å². The van der Waals surface area contributed by atoms with E-state index in [1.807, 2.05) is 6.07 Å². The molecule has 0 saturated carbocycles. The number of aryl methyl sites for hydroxylation is 1. The predicted molar refractivity (Wildman–Crippen MR) is 114 cm³/mol. The van der Waals surface area contributed by atoms with Gasteiger partial charge in [-0.3, -0.25) is 4.79 Å². The van der Waals surface area contributed by atoms with Gasteiger partial charge in [0.15, 0.2) is 0 Å². The minimum absolute atomic E-state index is 0.119. The molecule has 0 aliphatic heterocycles. The molecule has 1 atom stereocenters. The van der Waals surface area contributed by atoms with E-state index >= 15 is 0 Å². The zero-order valence-corrected chi connectivity index (χ0v) is 18.2. The first-order valence-corrected chi connectivity index (χ1v) is 10.2. The van der Waals surface area contributed by atoms with Crippen molar-refractivity contribution in [1.29, 1.82) is 0 Å². The number of carbonyl (C=O) groups is 1. The number of phenols is 1. The molecule has 0 aliphatic carbocycles. The van der Waals surface area contributed by atoms with Gasteiger partial charge in [-0.05, 0) is 53.8 Å². The normalized spacial score (nSPS) is 13.6. The Balaban J connectivity index is 2.97. The van der Waals surface area contributed by atoms with Crippen molar-refractivity contribution in [1.82, 2.24) is 0 Å². The molecule has 0 fully saturated rings. The van der Waals surface area contributed by atoms with Crippen molar-refractivity contribution in [2.75, 3.05) is 6.54 Å². The molecular formula is C23H40N2O2. The van der Waals surface area contributed by atoms with Crippen LogP contribution in [0, 0.1) is 0 Å². The minimum atomic E-state index is -0.389. The van der Waals surface area contributed by atoms with Gasteiger partial charge < -0.3 is 16.6 Å². The first-order chi connectivity index (χ1) is 12.4. The first kappa shape index (κ1) is 23.6. The second kappa shape index (κ2) is 9.70. The van der Waals surface area contributed by atoms with E-state index in [2.05, 4.69) is 41.5 Å². The fourth-order valence-corrected chi connectivity index (χ4v) is 3.75. The highest BCUT2D eigenvalue weighted by atomic mass is 16.3. The molecule has 4 nitrogen and oxygen atoms in total. The van der Waals surface area contributed by atoms with Gasteiger partial charge >= 0.3 is 0 Å². The predicted octanol–water partition coefficient (Wildman–Crippen LogP) is 4.34. The molecule has 0 spiro atoms. The smallest absolute Gasteiger partial charge is 0.149 e. The van der Waals surface area contributed by atoms with Crippen LogP contribution in [-0.2, 0) is 22.0 Å². The second-order valence-electron chi connectivity index (χ2n) is 9.70. The number of unbranched alkanes of at least 4 members (excludes halogenated alkanes) is 2. The Bertz CT molecular complexity index is 624. The first-order valence-electron chi connectivity index (χ1n) is 10.2. The van der Waals surface area contributed by atoms with Gasteiger partial charge in [-0.25, -0.2) is 0 Å². The number of benzene rings is 1. The van der Waals surface area contributed by atoms with E-state index in [1.54, 1.807) is 6.07 Å². The van der Waals surface area contributed by atoms with Crippen molar-refractivity contribution in [3.63, 3.8) is 0 Å². The molecule has 0 aliphatic rings. The van der Waals surface area contributed by atoms with Crippen LogP contribution >= 0.6 is 0 Å². The van der Waals surface area contributed by atoms with Gasteiger partial charge in [-0.15, -0.1) is 0 Å². The summed E-state index contributed by atoms with van der Waals surface area (Å²) in [6.07, 6.45) is 4.79. The fraction of sp³-hybridized carbons (Fsp3) is 0.696. The van der Waals surface area contributed by atoms with E-state index in [0.29, 0.717) is 25.1 Å². The molecule has 1 aromatic rings. The molecular weight excluding hydrogens is 336 g/mol. The lowest BCUT2D eigenvalue weighted by Crippen LogP contribution is -2.31. The average Bonchev–Trinajstić information content (AvgIpc) is 2.54. The summed E-state index contributed by atoms with van der Waals surface area (Å²) in [4.78, 5) is 12.5. The van der Waals surface area contributed by atoms with E-state index in [9.17, 15) is 9.90 Å². The zero-order chi connectivity index (χ0) is 20.8. The number of hydrogen-bond donors (Lipinski definition) is 3. The maximum absolute atomic E-state index is 12.5. The third-order valence-corrected chi connectivity index (χ3v) is 5.04. The van der Waals surface area contributed by atoms with Crippen LogP contribution in [0.4, 0.5) is 0 Å². The quantitative estimate of drug-likeness (QED) is 0.559. The Kier molecular flexibility index (Phi) is 8.49. The summed E-state index contributed by atoms with van der Waals surface area (Å²) < 4.78 is 0. The molecule has 0 aromatic heterocycles. The number of Topliss-reactive ketones (excluding diaryl/α,β-unsaturated/α-hetero) is 1. The molecule has 0 amide bonds. The Hall–Kier alpha value is -1.39. The number of rotatable bonds is 9. The van der Waals surface area contributed by atoms with Crippen LogP contribution in [-0.4, -0.2) is 23.5 Å². The summed E-state index contributed by atoms with van der Waals surface area (Å²) in [7, 11) is 0. The standard InChI is InChI=1S/C23H40N2O2/c1-22(2,3)20-16(12-14-19(27)21(20)23(4,5)6)11-13-18(26)17(25)10-8-7-9-15-24/h12,14,17,27H,7-11,13,15,24-25H2,1-6H3. The molecule has 1 rings (SSSR count). The van der Waals surface area contributed by atoms with Crippen LogP contribution in [0.3, 0.4) is 0 Å². The number of ketones is 1. The number of aromatic hydroxyl groups is 1. The molecule has 27 heavy (non-hydrogen) atoms. The van der Waals surface area contributed by atoms with Gasteiger partial charge in [0.2, 0.25) is 0 Å². The largest absolute Gasteiger partial charge is 0.508 e. The van der Waals surface area contributed by atoms with Gasteiger partial charge in [0, 0.05) is 12.0 Å². The maximum atomic E-state index is 12.5. The molecule has 5 N–H and O–H groups in total. The second-order valence-corrected chi connectivity index (χ2v) is 9.70. The highest BCUT2D eigenvalue weighted by molar-refractivity contribution is 5.84. The minimum Gasteiger partial charge on any atom is -0.508 e. The van der Waals surface area contributed by atoms with Crippen LogP contribution in [0.15, 0.2) is 12.1 Å². The number of phenolic OH excluding ortho intramolecular Hbond substituents is 1. The topological polar surface area (TPSA) is 89.3 Å². The third kappa shape index (κ3) is 6.93. The molecule has 0 radical (unpaired) electrons. The summed E-state index contributed by atoms with van der Waals surface area (Å²) in [6, 6.07) is 3.34. The number of hydrogen-bond acceptors (Lipinski definition) is 4. The third-order valence-electron chi connectivity index (χ3n) is 5.04. The van der Waals surface area contributed by atoms with E-state index in [4.69, 9.17) is 11.5 Å². The van der Waals surface area contributed by atoms with E-state index in [-0.39, 0.29) is 22.7 Å². The molecule has 4 heteroatoms. The van der Waals surface area contributed by atoms with Crippen molar-refractivity contribution in [3.8, 4) is 5.75 Å². The van der Waals surface area contributed by atoms with Crippen LogP contribution < -0.4 is 11.5 Å². The molecule has 0 heterocycles. The summed E-state index contributed by atoms with van der Waals surface area (Å²) in [5.41, 5.74) is 14.6.